The van der Waals surface area contributed by atoms with Crippen molar-refractivity contribution >= 4 is 10.5 Å². The van der Waals surface area contributed by atoms with Gasteiger partial charge in [-0.1, -0.05) is 26.2 Å². The molecule has 0 amide bonds. The number of rotatable bonds is 5. The van der Waals surface area contributed by atoms with E-state index in [4.69, 9.17) is 4.43 Å². The third-order valence-corrected chi connectivity index (χ3v) is 2.42. The van der Waals surface area contributed by atoms with E-state index in [2.05, 4.69) is 13.8 Å². The van der Waals surface area contributed by atoms with E-state index in [1.807, 2.05) is 0 Å². The maximum absolute atomic E-state index is 5.24. The van der Waals surface area contributed by atoms with Crippen molar-refractivity contribution in [1.82, 2.24) is 0 Å². The Bertz CT molecular complexity index is 56.9. The zero-order chi connectivity index (χ0) is 7.11. The van der Waals surface area contributed by atoms with Crippen molar-refractivity contribution in [2.75, 3.05) is 0 Å². The third kappa shape index (κ3) is 6.06. The number of hydrogen-bond acceptors (Lipinski definition) is 1. The Labute approximate surface area is 61.3 Å². The van der Waals surface area contributed by atoms with Crippen LogP contribution in [0.5, 0.6) is 0 Å². The molecule has 0 fully saturated rings. The van der Waals surface area contributed by atoms with Crippen LogP contribution in [0.25, 0.3) is 0 Å². The quantitative estimate of drug-likeness (QED) is 0.419. The van der Waals surface area contributed by atoms with Gasteiger partial charge in [0.1, 0.15) is 10.5 Å². The number of unbranched alkanes of at least 4 members (excludes halogenated alkanes) is 2. The van der Waals surface area contributed by atoms with Gasteiger partial charge in [0.2, 0.25) is 0 Å². The van der Waals surface area contributed by atoms with Crippen molar-refractivity contribution < 1.29 is 4.43 Å². The molecule has 0 aromatic carbocycles. The SMILES string of the molecule is CCCCCC(C)O[SiH3]. The molecule has 2 heteroatoms. The maximum atomic E-state index is 5.24. The fraction of sp³-hybridized carbons (Fsp3) is 1.00. The molecule has 1 nitrogen and oxygen atoms in total. The van der Waals surface area contributed by atoms with Gasteiger partial charge in [-0.3, -0.25) is 0 Å². The Balaban J connectivity index is 2.88. The van der Waals surface area contributed by atoms with Crippen LogP contribution in [-0.2, 0) is 4.43 Å². The van der Waals surface area contributed by atoms with Crippen LogP contribution in [0.4, 0.5) is 0 Å². The molecule has 0 aromatic heterocycles. The zero-order valence-electron chi connectivity index (χ0n) is 6.81. The molecule has 1 atom stereocenters. The summed E-state index contributed by atoms with van der Waals surface area (Å²) in [5.74, 6) is 0. The predicted octanol–water partition coefficient (Wildman–Crippen LogP) is 1.25. The number of hydrogen-bond donors (Lipinski definition) is 0. The van der Waals surface area contributed by atoms with Gasteiger partial charge in [-0.15, -0.1) is 0 Å². The second-order valence-corrected chi connectivity index (χ2v) is 3.01. The zero-order valence-corrected chi connectivity index (χ0v) is 8.81. The molecule has 0 radical (unpaired) electrons. The normalized spacial score (nSPS) is 14.0. The summed E-state index contributed by atoms with van der Waals surface area (Å²) in [6.07, 6.45) is 5.77. The Kier molecular flexibility index (Phi) is 6.42. The van der Waals surface area contributed by atoms with E-state index in [0.717, 1.165) is 10.5 Å². The van der Waals surface area contributed by atoms with Crippen molar-refractivity contribution in [2.24, 2.45) is 0 Å². The average molecular weight is 146 g/mol. The standard InChI is InChI=1S/C7H18OSi/c1-3-4-5-6-7(2)8-9/h7H,3-6H2,1-2,9H3. The first kappa shape index (κ1) is 9.18. The third-order valence-electron chi connectivity index (χ3n) is 1.62. The molecule has 0 aromatic rings. The molecule has 0 saturated heterocycles. The highest BCUT2D eigenvalue weighted by molar-refractivity contribution is 5.98. The topological polar surface area (TPSA) is 9.23 Å². The molecule has 0 saturated carbocycles. The summed E-state index contributed by atoms with van der Waals surface area (Å²) in [7, 11) is 0.891. The van der Waals surface area contributed by atoms with E-state index in [-0.39, 0.29) is 0 Å². The summed E-state index contributed by atoms with van der Waals surface area (Å²) in [5, 5.41) is 0. The molecule has 1 unspecified atom stereocenters. The molecule has 0 bridgehead atoms. The maximum Gasteiger partial charge on any atom is 0.146 e. The lowest BCUT2D eigenvalue weighted by atomic mass is 10.1. The van der Waals surface area contributed by atoms with Gasteiger partial charge in [0, 0.05) is 6.10 Å². The smallest absolute Gasteiger partial charge is 0.146 e. The minimum Gasteiger partial charge on any atom is -0.425 e. The summed E-state index contributed by atoms with van der Waals surface area (Å²) in [4.78, 5) is 0. The average Bonchev–Trinajstić information content (AvgIpc) is 1.89. The minimum atomic E-state index is 0.517. The van der Waals surface area contributed by atoms with E-state index >= 15 is 0 Å². The van der Waals surface area contributed by atoms with E-state index in [1.54, 1.807) is 0 Å². The minimum absolute atomic E-state index is 0.517. The molecule has 0 N–H and O–H groups in total. The van der Waals surface area contributed by atoms with Crippen molar-refractivity contribution in [3.63, 3.8) is 0 Å². The lowest BCUT2D eigenvalue weighted by molar-refractivity contribution is 0.227. The van der Waals surface area contributed by atoms with E-state index in [1.165, 1.54) is 25.7 Å². The van der Waals surface area contributed by atoms with Gasteiger partial charge in [0.25, 0.3) is 0 Å². The molecule has 0 rings (SSSR count). The molecule has 56 valence electrons. The van der Waals surface area contributed by atoms with Crippen molar-refractivity contribution in [1.29, 1.82) is 0 Å². The second-order valence-electron chi connectivity index (χ2n) is 2.54. The van der Waals surface area contributed by atoms with Crippen LogP contribution in [0, 0.1) is 0 Å². The summed E-state index contributed by atoms with van der Waals surface area (Å²) in [6.45, 7) is 4.38. The molecule has 0 aliphatic heterocycles. The highest BCUT2D eigenvalue weighted by atomic mass is 28.2. The predicted molar refractivity (Wildman–Crippen MR) is 44.6 cm³/mol. The lowest BCUT2D eigenvalue weighted by Gasteiger charge is -2.07. The van der Waals surface area contributed by atoms with Gasteiger partial charge in [-0.25, -0.2) is 0 Å². The second kappa shape index (κ2) is 6.30. The van der Waals surface area contributed by atoms with Crippen molar-refractivity contribution in [2.45, 2.75) is 45.6 Å². The summed E-state index contributed by atoms with van der Waals surface area (Å²) < 4.78 is 5.24. The molecule has 0 spiro atoms. The molecule has 9 heavy (non-hydrogen) atoms. The van der Waals surface area contributed by atoms with Crippen LogP contribution in [0.3, 0.4) is 0 Å². The highest BCUT2D eigenvalue weighted by Gasteiger charge is 1.95. The van der Waals surface area contributed by atoms with Crippen LogP contribution in [0.15, 0.2) is 0 Å². The fourth-order valence-corrected chi connectivity index (χ4v) is 1.04. The van der Waals surface area contributed by atoms with Gasteiger partial charge < -0.3 is 4.43 Å². The Morgan fingerprint density at radius 1 is 1.44 bits per heavy atom. The van der Waals surface area contributed by atoms with Crippen molar-refractivity contribution in [3.8, 4) is 0 Å². The van der Waals surface area contributed by atoms with Gasteiger partial charge in [0.15, 0.2) is 0 Å². The lowest BCUT2D eigenvalue weighted by Crippen LogP contribution is -2.04. The van der Waals surface area contributed by atoms with Gasteiger partial charge in [0.05, 0.1) is 0 Å². The Morgan fingerprint density at radius 2 is 2.11 bits per heavy atom. The van der Waals surface area contributed by atoms with Gasteiger partial charge in [-0.05, 0) is 13.3 Å². The first-order valence-electron chi connectivity index (χ1n) is 3.84. The molecule has 0 aliphatic rings. The first-order valence-corrected chi connectivity index (χ1v) is 4.65. The van der Waals surface area contributed by atoms with Crippen LogP contribution in [0.2, 0.25) is 0 Å². The summed E-state index contributed by atoms with van der Waals surface area (Å²) in [5.41, 5.74) is 0. The van der Waals surface area contributed by atoms with Crippen LogP contribution < -0.4 is 0 Å². The van der Waals surface area contributed by atoms with Gasteiger partial charge in [-0.2, -0.15) is 0 Å². The summed E-state index contributed by atoms with van der Waals surface area (Å²) >= 11 is 0. The monoisotopic (exact) mass is 146 g/mol. The van der Waals surface area contributed by atoms with Crippen molar-refractivity contribution in [3.05, 3.63) is 0 Å². The van der Waals surface area contributed by atoms with E-state index in [0.29, 0.717) is 6.10 Å². The highest BCUT2D eigenvalue weighted by Crippen LogP contribution is 2.03. The molecular weight excluding hydrogens is 128 g/mol. The first-order chi connectivity index (χ1) is 4.31. The summed E-state index contributed by atoms with van der Waals surface area (Å²) in [6, 6.07) is 0. The van der Waals surface area contributed by atoms with Gasteiger partial charge >= 0.3 is 0 Å². The van der Waals surface area contributed by atoms with Crippen LogP contribution in [0.1, 0.15) is 39.5 Å². The van der Waals surface area contributed by atoms with E-state index in [9.17, 15) is 0 Å². The largest absolute Gasteiger partial charge is 0.425 e. The van der Waals surface area contributed by atoms with E-state index < -0.39 is 0 Å². The van der Waals surface area contributed by atoms with Crippen LogP contribution in [-0.4, -0.2) is 16.6 Å². The molecule has 0 heterocycles. The Morgan fingerprint density at radius 3 is 2.56 bits per heavy atom. The van der Waals surface area contributed by atoms with Crippen LogP contribution >= 0.6 is 0 Å². The molecule has 0 aliphatic carbocycles. The molecular formula is C7H18OSi. The Hall–Kier alpha value is 0.177. The fourth-order valence-electron chi connectivity index (χ4n) is 0.800.